The number of hydrogen-bond donors (Lipinski definition) is 4. The third-order valence-corrected chi connectivity index (χ3v) is 6.13. The highest BCUT2D eigenvalue weighted by molar-refractivity contribution is 5.95. The number of fused-ring (bicyclic) bond motifs is 1. The Morgan fingerprint density at radius 3 is 2.32 bits per heavy atom. The number of carbonyl (C=O) groups excluding carboxylic acids is 3. The molecule has 0 spiro atoms. The van der Waals surface area contributed by atoms with Crippen LogP contribution in [0, 0.1) is 0 Å². The fraction of sp³-hybridized carbons (Fsp3) is 0.560. The molecule has 1 aromatic carbocycles. The summed E-state index contributed by atoms with van der Waals surface area (Å²) in [6.07, 6.45) is -0.447. The molecule has 2 aromatic rings. The van der Waals surface area contributed by atoms with Crippen LogP contribution in [0.2, 0.25) is 0 Å². The summed E-state index contributed by atoms with van der Waals surface area (Å²) in [6.45, 7) is 8.48. The minimum absolute atomic E-state index is 0.128. The van der Waals surface area contributed by atoms with Crippen molar-refractivity contribution in [3.63, 3.8) is 0 Å². The van der Waals surface area contributed by atoms with Gasteiger partial charge < -0.3 is 30.4 Å². The van der Waals surface area contributed by atoms with E-state index in [-0.39, 0.29) is 11.7 Å². The Morgan fingerprint density at radius 2 is 1.73 bits per heavy atom. The number of carboxylic acids is 1. The molecule has 37 heavy (non-hydrogen) atoms. The fourth-order valence-electron chi connectivity index (χ4n) is 4.33. The van der Waals surface area contributed by atoms with E-state index in [0.29, 0.717) is 25.9 Å². The van der Waals surface area contributed by atoms with Crippen molar-refractivity contribution in [2.75, 3.05) is 13.1 Å². The molecule has 1 aliphatic heterocycles. The number of piperidine rings is 1. The zero-order chi connectivity index (χ0) is 27.5. The van der Waals surface area contributed by atoms with Gasteiger partial charge >= 0.3 is 17.8 Å². The topological polar surface area (TPSA) is 163 Å². The van der Waals surface area contributed by atoms with Crippen molar-refractivity contribution in [3.8, 4) is 0 Å². The number of nitrogens with zero attached hydrogens (tertiary/aromatic N) is 2. The van der Waals surface area contributed by atoms with Gasteiger partial charge in [-0.05, 0) is 59.6 Å². The number of aromatic amines is 1. The Morgan fingerprint density at radius 1 is 1.11 bits per heavy atom. The smallest absolute Gasteiger partial charge is 0.408 e. The number of aliphatic carboxylic acids is 1. The van der Waals surface area contributed by atoms with Crippen molar-refractivity contribution < 1.29 is 29.0 Å². The normalized spacial score (nSPS) is 15.8. The van der Waals surface area contributed by atoms with Crippen LogP contribution in [0.4, 0.5) is 4.79 Å². The Kier molecular flexibility index (Phi) is 7.99. The number of H-pyrrole nitrogens is 1. The molecule has 0 bridgehead atoms. The number of para-hydroxylation sites is 2. The Balaban J connectivity index is 1.67. The first-order valence-electron chi connectivity index (χ1n) is 12.2. The summed E-state index contributed by atoms with van der Waals surface area (Å²) in [5.41, 5.74) is -0.946. The molecule has 1 atom stereocenters. The molecule has 12 heteroatoms. The van der Waals surface area contributed by atoms with Crippen LogP contribution >= 0.6 is 0 Å². The summed E-state index contributed by atoms with van der Waals surface area (Å²) >= 11 is 0. The van der Waals surface area contributed by atoms with E-state index in [0.717, 1.165) is 11.0 Å². The average molecular weight is 518 g/mol. The van der Waals surface area contributed by atoms with Crippen LogP contribution in [0.1, 0.15) is 59.9 Å². The zero-order valence-corrected chi connectivity index (χ0v) is 21.8. The molecule has 4 N–H and O–H groups in total. The standard InChI is InChI=1S/C25H35N5O7/c1-24(2,3)37-23(36)28-25(4,5)21(34)26-17(14-19(31)32)20(33)29-12-10-15(11-13-29)30-18-9-7-6-8-16(18)27-22(30)35/h6-9,15,17H,10-14H2,1-5H3,(H,26,34)(H,27,35)(H,28,36)(H,31,32)/t17-/m1/s1. The molecule has 3 amide bonds. The number of rotatable bonds is 7. The molecule has 1 aromatic heterocycles. The van der Waals surface area contributed by atoms with Gasteiger partial charge in [0, 0.05) is 19.1 Å². The predicted octanol–water partition coefficient (Wildman–Crippen LogP) is 1.76. The van der Waals surface area contributed by atoms with Gasteiger partial charge in [0.2, 0.25) is 11.8 Å². The summed E-state index contributed by atoms with van der Waals surface area (Å²) in [5, 5.41) is 14.3. The predicted molar refractivity (Wildman–Crippen MR) is 135 cm³/mol. The maximum absolute atomic E-state index is 13.2. The van der Waals surface area contributed by atoms with Gasteiger partial charge in [0.1, 0.15) is 17.2 Å². The molecule has 0 saturated carbocycles. The van der Waals surface area contributed by atoms with Crippen LogP contribution in [-0.4, -0.2) is 73.7 Å². The highest BCUT2D eigenvalue weighted by atomic mass is 16.6. The molecule has 0 unspecified atom stereocenters. The number of ether oxygens (including phenoxy) is 1. The largest absolute Gasteiger partial charge is 0.481 e. The van der Waals surface area contributed by atoms with Gasteiger partial charge in [-0.3, -0.25) is 19.0 Å². The Bertz CT molecular complexity index is 1230. The van der Waals surface area contributed by atoms with Crippen LogP contribution < -0.4 is 16.3 Å². The molecule has 0 aliphatic carbocycles. The minimum atomic E-state index is -1.47. The molecule has 3 rings (SSSR count). The third kappa shape index (κ3) is 6.89. The highest BCUT2D eigenvalue weighted by Gasteiger charge is 2.37. The van der Waals surface area contributed by atoms with Gasteiger partial charge in [0.05, 0.1) is 17.5 Å². The van der Waals surface area contributed by atoms with E-state index in [1.165, 1.54) is 18.7 Å². The van der Waals surface area contributed by atoms with E-state index in [1.807, 2.05) is 24.3 Å². The number of amides is 3. The van der Waals surface area contributed by atoms with E-state index in [2.05, 4.69) is 15.6 Å². The molecule has 1 saturated heterocycles. The van der Waals surface area contributed by atoms with Crippen molar-refractivity contribution in [2.45, 2.75) is 77.1 Å². The van der Waals surface area contributed by atoms with Gasteiger partial charge in [-0.25, -0.2) is 9.59 Å². The van der Waals surface area contributed by atoms with Crippen molar-refractivity contribution in [1.82, 2.24) is 25.1 Å². The lowest BCUT2D eigenvalue weighted by molar-refractivity contribution is -0.145. The number of likely N-dealkylation sites (tertiary alicyclic amines) is 1. The molecular formula is C25H35N5O7. The summed E-state index contributed by atoms with van der Waals surface area (Å²) in [5.74, 6) is -2.51. The van der Waals surface area contributed by atoms with E-state index in [4.69, 9.17) is 4.74 Å². The van der Waals surface area contributed by atoms with Crippen LogP contribution in [0.25, 0.3) is 11.0 Å². The van der Waals surface area contributed by atoms with Gasteiger partial charge in [-0.1, -0.05) is 12.1 Å². The van der Waals surface area contributed by atoms with E-state index < -0.39 is 47.5 Å². The minimum Gasteiger partial charge on any atom is -0.481 e. The Hall–Kier alpha value is -3.83. The van der Waals surface area contributed by atoms with Crippen LogP contribution in [-0.2, 0) is 19.1 Å². The first-order valence-corrected chi connectivity index (χ1v) is 12.2. The highest BCUT2D eigenvalue weighted by Crippen LogP contribution is 2.25. The molecule has 0 radical (unpaired) electrons. The lowest BCUT2D eigenvalue weighted by Crippen LogP contribution is -2.60. The second-order valence-electron chi connectivity index (χ2n) is 10.7. The van der Waals surface area contributed by atoms with E-state index in [9.17, 15) is 29.1 Å². The van der Waals surface area contributed by atoms with E-state index >= 15 is 0 Å². The molecule has 202 valence electrons. The summed E-state index contributed by atoms with van der Waals surface area (Å²) < 4.78 is 6.88. The van der Waals surface area contributed by atoms with Crippen molar-refractivity contribution >= 4 is 34.9 Å². The first kappa shape index (κ1) is 27.8. The first-order chi connectivity index (χ1) is 17.2. The lowest BCUT2D eigenvalue weighted by atomic mass is 10.0. The second kappa shape index (κ2) is 10.7. The average Bonchev–Trinajstić information content (AvgIpc) is 3.11. The quantitative estimate of drug-likeness (QED) is 0.435. The molecular weight excluding hydrogens is 482 g/mol. The van der Waals surface area contributed by atoms with Gasteiger partial charge in [-0.2, -0.15) is 0 Å². The molecule has 2 heterocycles. The third-order valence-electron chi connectivity index (χ3n) is 6.13. The second-order valence-corrected chi connectivity index (χ2v) is 10.7. The van der Waals surface area contributed by atoms with Crippen LogP contribution in [0.5, 0.6) is 0 Å². The number of carbonyl (C=O) groups is 4. The number of aromatic nitrogens is 2. The fourth-order valence-corrected chi connectivity index (χ4v) is 4.33. The summed E-state index contributed by atoms with van der Waals surface area (Å²) in [7, 11) is 0. The number of nitrogens with one attached hydrogen (secondary N) is 3. The van der Waals surface area contributed by atoms with Crippen molar-refractivity contribution in [2.24, 2.45) is 0 Å². The monoisotopic (exact) mass is 517 g/mol. The van der Waals surface area contributed by atoms with Gasteiger partial charge in [-0.15, -0.1) is 0 Å². The number of imidazole rings is 1. The van der Waals surface area contributed by atoms with Crippen molar-refractivity contribution in [3.05, 3.63) is 34.7 Å². The number of benzene rings is 1. The van der Waals surface area contributed by atoms with Crippen LogP contribution in [0.3, 0.4) is 0 Å². The van der Waals surface area contributed by atoms with E-state index in [1.54, 1.807) is 25.3 Å². The molecule has 1 aliphatic rings. The van der Waals surface area contributed by atoms with Gasteiger partial charge in [0.25, 0.3) is 0 Å². The Labute approximate surface area is 214 Å². The van der Waals surface area contributed by atoms with Gasteiger partial charge in [0.15, 0.2) is 0 Å². The number of hydrogen-bond acceptors (Lipinski definition) is 6. The summed E-state index contributed by atoms with van der Waals surface area (Å²) in [6, 6.07) is 5.92. The maximum Gasteiger partial charge on any atom is 0.408 e. The van der Waals surface area contributed by atoms with Crippen molar-refractivity contribution in [1.29, 1.82) is 0 Å². The lowest BCUT2D eigenvalue weighted by Gasteiger charge is -2.35. The maximum atomic E-state index is 13.2. The number of alkyl carbamates (subject to hydrolysis) is 1. The van der Waals surface area contributed by atoms with Crippen LogP contribution in [0.15, 0.2) is 29.1 Å². The SMILES string of the molecule is CC(C)(C)OC(=O)NC(C)(C)C(=O)N[C@H](CC(=O)O)C(=O)N1CCC(n2c(=O)[nH]c3ccccc32)CC1. The summed E-state index contributed by atoms with van der Waals surface area (Å²) in [4.78, 5) is 66.7. The molecule has 12 nitrogen and oxygen atoms in total. The molecule has 1 fully saturated rings. The zero-order valence-electron chi connectivity index (χ0n) is 21.8. The number of carboxylic acid groups (broad SMARTS) is 1.